The van der Waals surface area contributed by atoms with Crippen molar-refractivity contribution in [3.8, 4) is 0 Å². The Morgan fingerprint density at radius 3 is 3.07 bits per heavy atom. The highest BCUT2D eigenvalue weighted by Crippen LogP contribution is 2.12. The first kappa shape index (κ1) is 8.47. The number of imidazole rings is 1. The maximum atomic E-state index is 4.95. The number of para-hydroxylation sites is 2. The van der Waals surface area contributed by atoms with Crippen LogP contribution in [-0.2, 0) is 11.3 Å². The molecule has 0 amide bonds. The summed E-state index contributed by atoms with van der Waals surface area (Å²) in [4.78, 5) is 12.7. The summed E-state index contributed by atoms with van der Waals surface area (Å²) in [6.07, 6.45) is 1.67. The Bertz CT molecular complexity index is 482. The lowest BCUT2D eigenvalue weighted by atomic mass is 10.2. The Morgan fingerprint density at radius 1 is 1.33 bits per heavy atom. The van der Waals surface area contributed by atoms with Crippen LogP contribution in [0.2, 0.25) is 0 Å². The monoisotopic (exact) mass is 201 g/mol. The Balaban J connectivity index is 1.91. The van der Waals surface area contributed by atoms with Crippen LogP contribution in [0.3, 0.4) is 0 Å². The average Bonchev–Trinajstić information content (AvgIpc) is 2.86. The first-order valence-corrected chi connectivity index (χ1v) is 5.03. The molecule has 0 unspecified atom stereocenters. The molecule has 4 heteroatoms. The molecule has 0 aliphatic carbocycles. The molecule has 2 heterocycles. The van der Waals surface area contributed by atoms with Gasteiger partial charge in [0.2, 0.25) is 0 Å². The first-order valence-electron chi connectivity index (χ1n) is 5.03. The van der Waals surface area contributed by atoms with Gasteiger partial charge in [-0.3, -0.25) is 0 Å². The standard InChI is InChI=1S/C11H11N3O/c1-2-4-10-9(3-1)12-11(13-10)7-8-5-6-15-14-8/h1-4H,5-7H2,(H,12,13). The lowest BCUT2D eigenvalue weighted by Gasteiger charge is -1.91. The molecule has 0 saturated carbocycles. The third-order valence-corrected chi connectivity index (χ3v) is 2.49. The summed E-state index contributed by atoms with van der Waals surface area (Å²) in [5.74, 6) is 0.959. The van der Waals surface area contributed by atoms with Gasteiger partial charge in [0, 0.05) is 12.8 Å². The summed E-state index contributed by atoms with van der Waals surface area (Å²) in [5, 5.41) is 3.96. The number of aromatic amines is 1. The summed E-state index contributed by atoms with van der Waals surface area (Å²) in [6.45, 7) is 0.704. The minimum Gasteiger partial charge on any atom is -0.395 e. The molecule has 2 aromatic rings. The Morgan fingerprint density at radius 2 is 2.27 bits per heavy atom. The zero-order valence-electron chi connectivity index (χ0n) is 8.23. The SMILES string of the molecule is c1ccc2[nH]c(CC3=NOCC3)nc2c1. The largest absolute Gasteiger partial charge is 0.395 e. The van der Waals surface area contributed by atoms with Crippen LogP contribution in [0.5, 0.6) is 0 Å². The second-order valence-corrected chi connectivity index (χ2v) is 3.62. The van der Waals surface area contributed by atoms with E-state index in [0.29, 0.717) is 6.61 Å². The third kappa shape index (κ3) is 1.58. The fraction of sp³-hybridized carbons (Fsp3) is 0.273. The normalized spacial score (nSPS) is 15.3. The van der Waals surface area contributed by atoms with Crippen LogP contribution in [0.15, 0.2) is 29.4 Å². The fourth-order valence-electron chi connectivity index (χ4n) is 1.75. The van der Waals surface area contributed by atoms with Crippen LogP contribution in [0, 0.1) is 0 Å². The summed E-state index contributed by atoms with van der Waals surface area (Å²) in [6, 6.07) is 8.02. The topological polar surface area (TPSA) is 50.3 Å². The number of nitrogens with zero attached hydrogens (tertiary/aromatic N) is 2. The molecule has 0 bridgehead atoms. The Hall–Kier alpha value is -1.84. The molecule has 4 nitrogen and oxygen atoms in total. The maximum Gasteiger partial charge on any atom is 0.122 e. The van der Waals surface area contributed by atoms with Gasteiger partial charge in [0.25, 0.3) is 0 Å². The van der Waals surface area contributed by atoms with E-state index in [0.717, 1.165) is 35.4 Å². The van der Waals surface area contributed by atoms with E-state index >= 15 is 0 Å². The van der Waals surface area contributed by atoms with Gasteiger partial charge in [0.1, 0.15) is 12.4 Å². The van der Waals surface area contributed by atoms with Gasteiger partial charge >= 0.3 is 0 Å². The number of hydrogen-bond donors (Lipinski definition) is 1. The molecule has 0 radical (unpaired) electrons. The van der Waals surface area contributed by atoms with Gasteiger partial charge < -0.3 is 9.82 Å². The van der Waals surface area contributed by atoms with E-state index in [1.54, 1.807) is 0 Å². The molecule has 0 atom stereocenters. The van der Waals surface area contributed by atoms with Crippen molar-refractivity contribution in [2.45, 2.75) is 12.8 Å². The molecule has 1 N–H and O–H groups in total. The molecule has 3 rings (SSSR count). The molecular formula is C11H11N3O. The molecule has 0 spiro atoms. The minimum absolute atomic E-state index is 0.704. The highest BCUT2D eigenvalue weighted by atomic mass is 16.6. The summed E-state index contributed by atoms with van der Waals surface area (Å²) in [7, 11) is 0. The lowest BCUT2D eigenvalue weighted by molar-refractivity contribution is 0.173. The van der Waals surface area contributed by atoms with Gasteiger partial charge in [0.05, 0.1) is 16.7 Å². The summed E-state index contributed by atoms with van der Waals surface area (Å²) in [5.41, 5.74) is 3.15. The van der Waals surface area contributed by atoms with E-state index in [1.165, 1.54) is 0 Å². The molecule has 0 saturated heterocycles. The molecule has 1 aliphatic heterocycles. The zero-order valence-corrected chi connectivity index (χ0v) is 8.23. The van der Waals surface area contributed by atoms with Gasteiger partial charge in [-0.05, 0) is 12.1 Å². The van der Waals surface area contributed by atoms with Gasteiger partial charge in [-0.1, -0.05) is 17.3 Å². The van der Waals surface area contributed by atoms with Crippen LogP contribution in [-0.4, -0.2) is 22.3 Å². The van der Waals surface area contributed by atoms with E-state index in [1.807, 2.05) is 24.3 Å². The molecule has 1 aromatic carbocycles. The summed E-state index contributed by atoms with van der Waals surface area (Å²) >= 11 is 0. The molecule has 1 aliphatic rings. The van der Waals surface area contributed by atoms with Crippen LogP contribution in [0.1, 0.15) is 12.2 Å². The number of nitrogens with one attached hydrogen (secondary N) is 1. The number of rotatable bonds is 2. The molecule has 0 fully saturated rings. The smallest absolute Gasteiger partial charge is 0.122 e. The zero-order chi connectivity index (χ0) is 10.1. The Labute approximate surface area is 87.0 Å². The lowest BCUT2D eigenvalue weighted by Crippen LogP contribution is -2.01. The number of aromatic nitrogens is 2. The number of benzene rings is 1. The third-order valence-electron chi connectivity index (χ3n) is 2.49. The highest BCUT2D eigenvalue weighted by Gasteiger charge is 2.11. The number of H-pyrrole nitrogens is 1. The van der Waals surface area contributed by atoms with E-state index in [-0.39, 0.29) is 0 Å². The van der Waals surface area contributed by atoms with Crippen molar-refractivity contribution in [1.29, 1.82) is 0 Å². The minimum atomic E-state index is 0.704. The fourth-order valence-corrected chi connectivity index (χ4v) is 1.75. The van der Waals surface area contributed by atoms with E-state index < -0.39 is 0 Å². The van der Waals surface area contributed by atoms with Crippen molar-refractivity contribution >= 4 is 16.7 Å². The van der Waals surface area contributed by atoms with Crippen molar-refractivity contribution in [2.75, 3.05) is 6.61 Å². The van der Waals surface area contributed by atoms with Gasteiger partial charge in [-0.25, -0.2) is 4.98 Å². The van der Waals surface area contributed by atoms with Crippen molar-refractivity contribution in [3.05, 3.63) is 30.1 Å². The van der Waals surface area contributed by atoms with Crippen molar-refractivity contribution in [2.24, 2.45) is 5.16 Å². The molecular weight excluding hydrogens is 190 g/mol. The van der Waals surface area contributed by atoms with Crippen LogP contribution in [0.25, 0.3) is 11.0 Å². The average molecular weight is 201 g/mol. The van der Waals surface area contributed by atoms with Gasteiger partial charge in [-0.2, -0.15) is 0 Å². The van der Waals surface area contributed by atoms with Crippen molar-refractivity contribution < 1.29 is 4.84 Å². The predicted molar refractivity (Wildman–Crippen MR) is 57.8 cm³/mol. The van der Waals surface area contributed by atoms with E-state index in [2.05, 4.69) is 15.1 Å². The molecule has 15 heavy (non-hydrogen) atoms. The second kappa shape index (κ2) is 3.38. The maximum absolute atomic E-state index is 4.95. The quantitative estimate of drug-likeness (QED) is 0.806. The van der Waals surface area contributed by atoms with Gasteiger partial charge in [-0.15, -0.1) is 0 Å². The van der Waals surface area contributed by atoms with Crippen molar-refractivity contribution in [3.63, 3.8) is 0 Å². The Kier molecular flexibility index (Phi) is 1.91. The number of oxime groups is 1. The van der Waals surface area contributed by atoms with Crippen LogP contribution >= 0.6 is 0 Å². The van der Waals surface area contributed by atoms with E-state index in [9.17, 15) is 0 Å². The van der Waals surface area contributed by atoms with E-state index in [4.69, 9.17) is 4.84 Å². The van der Waals surface area contributed by atoms with Crippen LogP contribution in [0.4, 0.5) is 0 Å². The highest BCUT2D eigenvalue weighted by molar-refractivity contribution is 5.87. The molecule has 1 aromatic heterocycles. The van der Waals surface area contributed by atoms with Gasteiger partial charge in [0.15, 0.2) is 0 Å². The first-order chi connectivity index (χ1) is 7.42. The predicted octanol–water partition coefficient (Wildman–Crippen LogP) is 1.88. The van der Waals surface area contributed by atoms with Crippen molar-refractivity contribution in [1.82, 2.24) is 9.97 Å². The summed E-state index contributed by atoms with van der Waals surface area (Å²) < 4.78 is 0. The van der Waals surface area contributed by atoms with Crippen LogP contribution < -0.4 is 0 Å². The number of fused-ring (bicyclic) bond motifs is 1. The second-order valence-electron chi connectivity index (χ2n) is 3.62. The molecule has 76 valence electrons. The number of hydrogen-bond acceptors (Lipinski definition) is 3.